The fourth-order valence-corrected chi connectivity index (χ4v) is 3.88. The Kier molecular flexibility index (Phi) is 3.69. The molecule has 2 aromatic rings. The third-order valence-corrected chi connectivity index (χ3v) is 5.23. The molecule has 124 valence electrons. The Morgan fingerprint density at radius 2 is 2.22 bits per heavy atom. The van der Waals surface area contributed by atoms with Crippen molar-refractivity contribution in [3.63, 3.8) is 0 Å². The van der Waals surface area contributed by atoms with Gasteiger partial charge in [0.25, 0.3) is 0 Å². The van der Waals surface area contributed by atoms with Crippen molar-refractivity contribution in [3.05, 3.63) is 28.8 Å². The molecule has 1 fully saturated rings. The van der Waals surface area contributed by atoms with Gasteiger partial charge in [-0.2, -0.15) is 5.10 Å². The number of aryl methyl sites for hydroxylation is 2. The summed E-state index contributed by atoms with van der Waals surface area (Å²) in [5.74, 6) is 0. The van der Waals surface area contributed by atoms with E-state index >= 15 is 0 Å². The smallest absolute Gasteiger partial charge is 0.0930 e. The second-order valence-corrected chi connectivity index (χ2v) is 6.58. The topological polar surface area (TPSA) is 61.0 Å². The maximum Gasteiger partial charge on any atom is 0.0930 e. The van der Waals surface area contributed by atoms with E-state index in [0.29, 0.717) is 6.61 Å². The Morgan fingerprint density at radius 1 is 1.35 bits per heavy atom. The Bertz CT molecular complexity index is 705. The van der Waals surface area contributed by atoms with Crippen LogP contribution in [0.5, 0.6) is 0 Å². The first-order valence-electron chi connectivity index (χ1n) is 8.43. The van der Waals surface area contributed by atoms with Crippen molar-refractivity contribution < 1.29 is 4.74 Å². The van der Waals surface area contributed by atoms with Crippen LogP contribution in [0.25, 0.3) is 0 Å². The van der Waals surface area contributed by atoms with Gasteiger partial charge in [-0.25, -0.2) is 4.68 Å². The molecule has 2 aromatic heterocycles. The Balaban J connectivity index is 1.53. The summed E-state index contributed by atoms with van der Waals surface area (Å²) < 4.78 is 10.1. The van der Waals surface area contributed by atoms with Gasteiger partial charge in [-0.15, -0.1) is 5.10 Å². The van der Waals surface area contributed by atoms with Crippen LogP contribution in [-0.4, -0.2) is 48.9 Å². The number of hydrogen-bond donors (Lipinski definition) is 0. The van der Waals surface area contributed by atoms with E-state index in [-0.39, 0.29) is 12.1 Å². The van der Waals surface area contributed by atoms with Crippen LogP contribution < -0.4 is 0 Å². The number of ether oxygens (including phenoxy) is 1. The summed E-state index contributed by atoms with van der Waals surface area (Å²) in [4.78, 5) is 2.50. The van der Waals surface area contributed by atoms with Crippen molar-refractivity contribution in [1.29, 1.82) is 0 Å². The molecule has 0 aromatic carbocycles. The van der Waals surface area contributed by atoms with Gasteiger partial charge in [-0.05, 0) is 27.2 Å². The molecule has 1 saturated heterocycles. The quantitative estimate of drug-likeness (QED) is 0.858. The lowest BCUT2D eigenvalue weighted by atomic mass is 9.99. The van der Waals surface area contributed by atoms with Gasteiger partial charge in [0.15, 0.2) is 0 Å². The van der Waals surface area contributed by atoms with Gasteiger partial charge in [-0.1, -0.05) is 5.21 Å². The van der Waals surface area contributed by atoms with Crippen molar-refractivity contribution in [1.82, 2.24) is 29.7 Å². The molecule has 0 amide bonds. The number of likely N-dealkylation sites (tertiary alicyclic amines) is 1. The zero-order valence-electron chi connectivity index (χ0n) is 14.1. The van der Waals surface area contributed by atoms with Crippen LogP contribution >= 0.6 is 0 Å². The molecule has 4 rings (SSSR count). The van der Waals surface area contributed by atoms with E-state index in [1.807, 2.05) is 6.20 Å². The molecule has 0 bridgehead atoms. The average molecular weight is 316 g/mol. The van der Waals surface area contributed by atoms with E-state index in [1.54, 1.807) is 0 Å². The van der Waals surface area contributed by atoms with Crippen LogP contribution in [0.4, 0.5) is 0 Å². The molecule has 0 aliphatic carbocycles. The van der Waals surface area contributed by atoms with Gasteiger partial charge in [0.1, 0.15) is 0 Å². The van der Waals surface area contributed by atoms with Gasteiger partial charge in [0.05, 0.1) is 36.3 Å². The molecule has 2 aliphatic heterocycles. The Hall–Kier alpha value is -1.73. The van der Waals surface area contributed by atoms with E-state index in [2.05, 4.69) is 50.4 Å². The van der Waals surface area contributed by atoms with Gasteiger partial charge < -0.3 is 4.74 Å². The van der Waals surface area contributed by atoms with Crippen LogP contribution in [0.2, 0.25) is 0 Å². The number of piperidine rings is 1. The van der Waals surface area contributed by atoms with Crippen molar-refractivity contribution in [2.45, 2.75) is 59.0 Å². The maximum absolute atomic E-state index is 5.99. The molecule has 0 N–H and O–H groups in total. The molecule has 0 saturated carbocycles. The number of nitrogens with zero attached hydrogens (tertiary/aromatic N) is 6. The van der Waals surface area contributed by atoms with Crippen molar-refractivity contribution in [3.8, 4) is 0 Å². The first-order valence-corrected chi connectivity index (χ1v) is 8.43. The molecular formula is C16H24N6O. The first-order chi connectivity index (χ1) is 11.2. The summed E-state index contributed by atoms with van der Waals surface area (Å²) >= 11 is 0. The zero-order valence-corrected chi connectivity index (χ0v) is 14.1. The Morgan fingerprint density at radius 3 is 3.00 bits per heavy atom. The van der Waals surface area contributed by atoms with E-state index in [1.165, 1.54) is 11.3 Å². The third kappa shape index (κ3) is 2.48. The summed E-state index contributed by atoms with van der Waals surface area (Å²) in [5, 5.41) is 13.0. The minimum Gasteiger partial charge on any atom is -0.370 e. The Labute approximate surface area is 136 Å². The highest BCUT2D eigenvalue weighted by Gasteiger charge is 2.36. The molecule has 2 atom stereocenters. The molecule has 7 nitrogen and oxygen atoms in total. The van der Waals surface area contributed by atoms with E-state index in [9.17, 15) is 0 Å². The molecule has 7 heteroatoms. The fourth-order valence-electron chi connectivity index (χ4n) is 3.88. The minimum absolute atomic E-state index is 0.265. The van der Waals surface area contributed by atoms with Crippen LogP contribution in [0, 0.1) is 13.8 Å². The number of aromatic nitrogens is 5. The monoisotopic (exact) mass is 316 g/mol. The lowest BCUT2D eigenvalue weighted by Gasteiger charge is -2.41. The van der Waals surface area contributed by atoms with Gasteiger partial charge >= 0.3 is 0 Å². The SMILES string of the molecule is CCn1nc(C)c(CN2CC[C@H]3OCc4cnnn4[C@H]3C2)c1C. The van der Waals surface area contributed by atoms with Crippen LogP contribution in [0.1, 0.15) is 42.0 Å². The minimum atomic E-state index is 0.265. The second-order valence-electron chi connectivity index (χ2n) is 6.58. The van der Waals surface area contributed by atoms with E-state index in [4.69, 9.17) is 4.74 Å². The predicted molar refractivity (Wildman–Crippen MR) is 84.9 cm³/mol. The summed E-state index contributed by atoms with van der Waals surface area (Å²) in [6.45, 7) is 10.9. The molecule has 23 heavy (non-hydrogen) atoms. The highest BCUT2D eigenvalue weighted by molar-refractivity contribution is 5.24. The maximum atomic E-state index is 5.99. The average Bonchev–Trinajstić information content (AvgIpc) is 3.14. The summed E-state index contributed by atoms with van der Waals surface area (Å²) in [6.07, 6.45) is 3.12. The highest BCUT2D eigenvalue weighted by Crippen LogP contribution is 2.31. The third-order valence-electron chi connectivity index (χ3n) is 5.23. The van der Waals surface area contributed by atoms with Crippen molar-refractivity contribution >= 4 is 0 Å². The van der Waals surface area contributed by atoms with Crippen LogP contribution in [0.15, 0.2) is 6.20 Å². The van der Waals surface area contributed by atoms with E-state index in [0.717, 1.165) is 44.0 Å². The number of fused-ring (bicyclic) bond motifs is 3. The largest absolute Gasteiger partial charge is 0.370 e. The number of hydrogen-bond acceptors (Lipinski definition) is 5. The van der Waals surface area contributed by atoms with Crippen LogP contribution in [-0.2, 0) is 24.4 Å². The van der Waals surface area contributed by atoms with Gasteiger partial charge in [0, 0.05) is 37.4 Å². The van der Waals surface area contributed by atoms with Crippen LogP contribution in [0.3, 0.4) is 0 Å². The normalized spacial score (nSPS) is 24.5. The molecule has 0 spiro atoms. The summed E-state index contributed by atoms with van der Waals surface area (Å²) in [5.41, 5.74) is 4.88. The second kappa shape index (κ2) is 5.72. The number of rotatable bonds is 3. The standard InChI is InChI=1S/C16H24N6O/c1-4-21-12(3)14(11(2)18-21)8-20-6-5-16-15(9-20)22-13(10-23-16)7-17-19-22/h7,15-16H,4-6,8-10H2,1-3H3/t15-,16+/m0/s1. The predicted octanol–water partition coefficient (Wildman–Crippen LogP) is 1.46. The van der Waals surface area contributed by atoms with Gasteiger partial charge in [-0.3, -0.25) is 9.58 Å². The fraction of sp³-hybridized carbons (Fsp3) is 0.688. The van der Waals surface area contributed by atoms with Crippen molar-refractivity contribution in [2.75, 3.05) is 13.1 Å². The highest BCUT2D eigenvalue weighted by atomic mass is 16.5. The molecular weight excluding hydrogens is 292 g/mol. The summed E-state index contributed by atoms with van der Waals surface area (Å²) in [6, 6.07) is 0.275. The lowest BCUT2D eigenvalue weighted by Crippen LogP contribution is -2.47. The molecule has 0 unspecified atom stereocenters. The van der Waals surface area contributed by atoms with Gasteiger partial charge in [0.2, 0.25) is 0 Å². The first kappa shape index (κ1) is 14.8. The summed E-state index contributed by atoms with van der Waals surface area (Å²) in [7, 11) is 0. The zero-order chi connectivity index (χ0) is 16.0. The molecule has 2 aliphatic rings. The lowest BCUT2D eigenvalue weighted by molar-refractivity contribution is -0.0670. The molecule has 4 heterocycles. The van der Waals surface area contributed by atoms with E-state index < -0.39 is 0 Å². The molecule has 0 radical (unpaired) electrons. The van der Waals surface area contributed by atoms with Crippen molar-refractivity contribution in [2.24, 2.45) is 0 Å².